The van der Waals surface area contributed by atoms with Gasteiger partial charge in [-0.2, -0.15) is 0 Å². The molecule has 0 spiro atoms. The summed E-state index contributed by atoms with van der Waals surface area (Å²) < 4.78 is 5.51. The number of hydrogen-bond donors (Lipinski definition) is 2. The van der Waals surface area contributed by atoms with Gasteiger partial charge >= 0.3 is 0 Å². The third-order valence-electron chi connectivity index (χ3n) is 8.95. The first-order chi connectivity index (χ1) is 17.0. The molecule has 3 aromatic carbocycles. The van der Waals surface area contributed by atoms with Crippen molar-refractivity contribution in [3.8, 4) is 5.75 Å². The molecule has 1 saturated carbocycles. The summed E-state index contributed by atoms with van der Waals surface area (Å²) in [6.07, 6.45) is 2.00. The maximum atomic E-state index is 14.0. The Balaban J connectivity index is 1.54. The molecule has 0 radical (unpaired) electrons. The summed E-state index contributed by atoms with van der Waals surface area (Å²) in [6, 6.07) is 26.0. The third-order valence-corrected chi connectivity index (χ3v) is 8.95. The molecular weight excluding hydrogens is 436 g/mol. The highest BCUT2D eigenvalue weighted by atomic mass is 16.5. The van der Waals surface area contributed by atoms with Crippen molar-refractivity contribution in [1.29, 1.82) is 0 Å². The molecule has 3 N–H and O–H groups in total. The Morgan fingerprint density at radius 2 is 1.71 bits per heavy atom. The number of nitrogens with one attached hydrogen (secondary N) is 1. The molecule has 7 rings (SSSR count). The largest absolute Gasteiger partial charge is 0.496 e. The molecule has 3 aromatic rings. The molecule has 0 aromatic heterocycles. The lowest BCUT2D eigenvalue weighted by Gasteiger charge is -2.60. The monoisotopic (exact) mass is 466 g/mol. The van der Waals surface area contributed by atoms with E-state index in [4.69, 9.17) is 10.5 Å². The average Bonchev–Trinajstić information content (AvgIpc) is 3.34. The van der Waals surface area contributed by atoms with Gasteiger partial charge in [-0.05, 0) is 35.6 Å². The highest BCUT2D eigenvalue weighted by Crippen LogP contribution is 2.68. The van der Waals surface area contributed by atoms with E-state index in [0.29, 0.717) is 12.3 Å². The summed E-state index contributed by atoms with van der Waals surface area (Å²) in [5.74, 6) is 0.215. The van der Waals surface area contributed by atoms with Crippen LogP contribution in [0, 0.1) is 11.3 Å². The molecule has 1 saturated heterocycles. The number of carbonyl (C=O) groups excluding carboxylic acids is 2. The first-order valence-electron chi connectivity index (χ1n) is 12.4. The van der Waals surface area contributed by atoms with E-state index in [9.17, 15) is 9.59 Å². The summed E-state index contributed by atoms with van der Waals surface area (Å²) >= 11 is 0. The predicted octanol–water partition coefficient (Wildman–Crippen LogP) is 3.74. The van der Waals surface area contributed by atoms with Crippen LogP contribution < -0.4 is 15.8 Å². The summed E-state index contributed by atoms with van der Waals surface area (Å²) in [5, 5.41) is 3.52. The van der Waals surface area contributed by atoms with Crippen molar-refractivity contribution >= 4 is 11.7 Å². The molecule has 1 amide bonds. The molecule has 3 aliphatic carbocycles. The molecule has 5 atom stereocenters. The number of ether oxygens (including phenoxy) is 1. The van der Waals surface area contributed by atoms with Crippen LogP contribution in [0.15, 0.2) is 78.9 Å². The summed E-state index contributed by atoms with van der Waals surface area (Å²) in [6.45, 7) is 0.420. The first-order valence-corrected chi connectivity index (χ1v) is 12.4. The number of rotatable bonds is 6. The van der Waals surface area contributed by atoms with E-state index in [0.717, 1.165) is 24.0 Å². The minimum atomic E-state index is -0.816. The Labute approximate surface area is 205 Å². The lowest BCUT2D eigenvalue weighted by atomic mass is 9.40. The maximum absolute atomic E-state index is 14.0. The fourth-order valence-electron chi connectivity index (χ4n) is 7.67. The second-order valence-corrected chi connectivity index (χ2v) is 10.2. The highest BCUT2D eigenvalue weighted by Gasteiger charge is 2.71. The van der Waals surface area contributed by atoms with Crippen LogP contribution in [-0.4, -0.2) is 31.4 Å². The zero-order valence-electron chi connectivity index (χ0n) is 19.9. The number of Topliss-reactive ketones (excluding diaryl/α,β-unsaturated/α-hetero) is 1. The van der Waals surface area contributed by atoms with Gasteiger partial charge in [0.25, 0.3) is 0 Å². The van der Waals surface area contributed by atoms with Crippen LogP contribution in [0.3, 0.4) is 0 Å². The highest BCUT2D eigenvalue weighted by molar-refractivity contribution is 5.92. The quantitative estimate of drug-likeness (QED) is 0.580. The van der Waals surface area contributed by atoms with E-state index in [1.807, 2.05) is 42.5 Å². The maximum Gasteiger partial charge on any atom is 0.225 e. The number of methoxy groups -OCH3 is 1. The van der Waals surface area contributed by atoms with Crippen molar-refractivity contribution in [1.82, 2.24) is 5.32 Å². The number of fused-ring (bicyclic) bond motifs is 1. The van der Waals surface area contributed by atoms with Crippen LogP contribution in [0.5, 0.6) is 5.75 Å². The molecule has 5 unspecified atom stereocenters. The van der Waals surface area contributed by atoms with Crippen LogP contribution in [0.2, 0.25) is 0 Å². The van der Waals surface area contributed by atoms with Crippen molar-refractivity contribution in [3.63, 3.8) is 0 Å². The summed E-state index contributed by atoms with van der Waals surface area (Å²) in [4.78, 5) is 27.4. The second kappa shape index (κ2) is 8.06. The van der Waals surface area contributed by atoms with Gasteiger partial charge < -0.3 is 15.8 Å². The number of hydrogen-bond acceptors (Lipinski definition) is 4. The van der Waals surface area contributed by atoms with Gasteiger partial charge in [-0.1, -0.05) is 72.8 Å². The van der Waals surface area contributed by atoms with E-state index in [-0.39, 0.29) is 29.9 Å². The molecule has 178 valence electrons. The number of ketones is 1. The van der Waals surface area contributed by atoms with Gasteiger partial charge in [-0.3, -0.25) is 9.59 Å². The van der Waals surface area contributed by atoms with Crippen molar-refractivity contribution in [2.24, 2.45) is 17.1 Å². The summed E-state index contributed by atoms with van der Waals surface area (Å²) in [7, 11) is 1.62. The fourth-order valence-corrected chi connectivity index (χ4v) is 7.67. The SMILES string of the molecule is COc1ccccc1CC(=O)C1NCC2(C(N)=O)C3CCC(c4ccccc4)(c4ccccc43)C12. The van der Waals surface area contributed by atoms with Gasteiger partial charge in [0, 0.05) is 35.8 Å². The molecule has 1 aliphatic heterocycles. The Hall–Kier alpha value is -3.44. The van der Waals surface area contributed by atoms with Crippen LogP contribution in [0.25, 0.3) is 0 Å². The van der Waals surface area contributed by atoms with Gasteiger partial charge in [-0.25, -0.2) is 0 Å². The van der Waals surface area contributed by atoms with Gasteiger partial charge in [0.15, 0.2) is 5.78 Å². The Morgan fingerprint density at radius 1 is 1.00 bits per heavy atom. The zero-order chi connectivity index (χ0) is 24.2. The van der Waals surface area contributed by atoms with Crippen LogP contribution in [-0.2, 0) is 21.4 Å². The van der Waals surface area contributed by atoms with E-state index >= 15 is 0 Å². The lowest BCUT2D eigenvalue weighted by Crippen LogP contribution is -2.64. The predicted molar refractivity (Wildman–Crippen MR) is 134 cm³/mol. The third kappa shape index (κ3) is 2.91. The van der Waals surface area contributed by atoms with Crippen molar-refractivity contribution in [2.45, 2.75) is 36.6 Å². The van der Waals surface area contributed by atoms with E-state index in [1.165, 1.54) is 11.1 Å². The molecule has 5 heteroatoms. The Bertz CT molecular complexity index is 1310. The molecule has 2 bridgehead atoms. The molecule has 5 nitrogen and oxygen atoms in total. The topological polar surface area (TPSA) is 81.4 Å². The van der Waals surface area contributed by atoms with Crippen molar-refractivity contribution in [3.05, 3.63) is 101 Å². The number of primary amides is 1. The van der Waals surface area contributed by atoms with E-state index < -0.39 is 16.9 Å². The van der Waals surface area contributed by atoms with Crippen LogP contribution in [0.4, 0.5) is 0 Å². The number of nitrogens with two attached hydrogens (primary N) is 1. The zero-order valence-corrected chi connectivity index (χ0v) is 19.9. The molecule has 1 heterocycles. The minimum Gasteiger partial charge on any atom is -0.496 e. The first kappa shape index (κ1) is 22.1. The van der Waals surface area contributed by atoms with Gasteiger partial charge in [0.05, 0.1) is 18.6 Å². The van der Waals surface area contributed by atoms with Crippen LogP contribution in [0.1, 0.15) is 41.0 Å². The van der Waals surface area contributed by atoms with E-state index in [1.54, 1.807) is 7.11 Å². The lowest BCUT2D eigenvalue weighted by molar-refractivity contribution is -0.137. The van der Waals surface area contributed by atoms with Crippen LogP contribution >= 0.6 is 0 Å². The van der Waals surface area contributed by atoms with Crippen molar-refractivity contribution < 1.29 is 14.3 Å². The Morgan fingerprint density at radius 3 is 2.49 bits per heavy atom. The standard InChI is InChI=1S/C30H30N2O3/c1-35-25-14-8-5-9-19(25)17-24(33)26-27-29(20-10-3-2-4-11-20)16-15-23(21-12-6-7-13-22(21)29)30(27,18-32-26)28(31)34/h2-14,23,26-27,32H,15-18H2,1H3,(H2,31,34). The number of amides is 1. The van der Waals surface area contributed by atoms with Gasteiger partial charge in [-0.15, -0.1) is 0 Å². The molecule has 4 aliphatic rings. The second-order valence-electron chi connectivity index (χ2n) is 10.2. The minimum absolute atomic E-state index is 0.00310. The fraction of sp³-hybridized carbons (Fsp3) is 0.333. The number of benzene rings is 3. The molecular formula is C30H30N2O3. The normalized spacial score (nSPS) is 30.4. The van der Waals surface area contributed by atoms with Gasteiger partial charge in [0.2, 0.25) is 5.91 Å². The molecule has 2 fully saturated rings. The number of carbonyl (C=O) groups is 2. The van der Waals surface area contributed by atoms with E-state index in [2.05, 4.69) is 41.7 Å². The Kier molecular flexibility index (Phi) is 5.08. The number of para-hydroxylation sites is 1. The summed E-state index contributed by atoms with van der Waals surface area (Å²) in [5.41, 5.74) is 9.44. The molecule has 35 heavy (non-hydrogen) atoms. The smallest absolute Gasteiger partial charge is 0.225 e. The average molecular weight is 467 g/mol. The van der Waals surface area contributed by atoms with Gasteiger partial charge in [0.1, 0.15) is 5.75 Å². The van der Waals surface area contributed by atoms with Crippen molar-refractivity contribution in [2.75, 3.05) is 13.7 Å².